The van der Waals surface area contributed by atoms with Crippen molar-refractivity contribution in [2.75, 3.05) is 13.2 Å². The summed E-state index contributed by atoms with van der Waals surface area (Å²) in [5.74, 6) is 1.67. The fourth-order valence-corrected chi connectivity index (χ4v) is 1.06. The third-order valence-corrected chi connectivity index (χ3v) is 1.61. The van der Waals surface area contributed by atoms with Crippen molar-refractivity contribution in [3.63, 3.8) is 0 Å². The van der Waals surface area contributed by atoms with E-state index in [1.54, 1.807) is 0 Å². The lowest BCUT2D eigenvalue weighted by Crippen LogP contribution is -1.99. The molecule has 0 N–H and O–H groups in total. The molecule has 0 aromatic heterocycles. The smallest absolute Gasteiger partial charge is 0.161 e. The van der Waals surface area contributed by atoms with Crippen molar-refractivity contribution in [3.8, 4) is 11.5 Å². The quantitative estimate of drug-likeness (QED) is 0.693. The van der Waals surface area contributed by atoms with E-state index in [1.807, 2.05) is 31.2 Å². The van der Waals surface area contributed by atoms with Crippen LogP contribution in [0.15, 0.2) is 24.3 Å². The summed E-state index contributed by atoms with van der Waals surface area (Å²) in [4.78, 5) is 0. The van der Waals surface area contributed by atoms with Gasteiger partial charge in [0, 0.05) is 0 Å². The van der Waals surface area contributed by atoms with Crippen LogP contribution in [0, 0.1) is 0 Å². The normalized spacial score (nSPS) is 9.69. The van der Waals surface area contributed by atoms with Crippen LogP contribution in [0.2, 0.25) is 0 Å². The Bertz CT molecular complexity index is 246. The van der Waals surface area contributed by atoms with E-state index in [-0.39, 0.29) is 0 Å². The number of rotatable bonds is 5. The standard InChI is InChI=1S/C11H16O2/c1-3-9-13-11-8-6-5-7-10(11)12-4-2/h5-8H,3-4,9H2,1-2H3. The zero-order valence-electron chi connectivity index (χ0n) is 8.25. The van der Waals surface area contributed by atoms with Crippen molar-refractivity contribution in [2.24, 2.45) is 0 Å². The van der Waals surface area contributed by atoms with Crippen molar-refractivity contribution in [1.29, 1.82) is 0 Å². The lowest BCUT2D eigenvalue weighted by molar-refractivity contribution is 0.277. The SMILES string of the molecule is CCCOc1ccccc1OCC. The van der Waals surface area contributed by atoms with Gasteiger partial charge in [-0.3, -0.25) is 0 Å². The van der Waals surface area contributed by atoms with Crippen LogP contribution in [0.4, 0.5) is 0 Å². The van der Waals surface area contributed by atoms with E-state index in [9.17, 15) is 0 Å². The number of para-hydroxylation sites is 2. The van der Waals surface area contributed by atoms with Gasteiger partial charge in [0.05, 0.1) is 13.2 Å². The monoisotopic (exact) mass is 180 g/mol. The zero-order chi connectivity index (χ0) is 9.52. The molecule has 1 rings (SSSR count). The second-order valence-corrected chi connectivity index (χ2v) is 2.73. The molecule has 0 heterocycles. The van der Waals surface area contributed by atoms with Crippen LogP contribution in [0.3, 0.4) is 0 Å². The molecule has 0 aliphatic carbocycles. The predicted octanol–water partition coefficient (Wildman–Crippen LogP) is 2.87. The number of ether oxygens (including phenoxy) is 2. The second kappa shape index (κ2) is 5.46. The van der Waals surface area contributed by atoms with Crippen molar-refractivity contribution in [3.05, 3.63) is 24.3 Å². The second-order valence-electron chi connectivity index (χ2n) is 2.73. The van der Waals surface area contributed by atoms with E-state index < -0.39 is 0 Å². The van der Waals surface area contributed by atoms with Gasteiger partial charge in [-0.05, 0) is 25.5 Å². The number of hydrogen-bond donors (Lipinski definition) is 0. The van der Waals surface area contributed by atoms with Crippen molar-refractivity contribution in [2.45, 2.75) is 20.3 Å². The average molecular weight is 180 g/mol. The van der Waals surface area contributed by atoms with Crippen molar-refractivity contribution < 1.29 is 9.47 Å². The maximum atomic E-state index is 5.51. The highest BCUT2D eigenvalue weighted by Crippen LogP contribution is 2.26. The highest BCUT2D eigenvalue weighted by molar-refractivity contribution is 5.39. The number of hydrogen-bond acceptors (Lipinski definition) is 2. The molecule has 0 unspecified atom stereocenters. The molecule has 0 bridgehead atoms. The van der Waals surface area contributed by atoms with E-state index in [2.05, 4.69) is 6.92 Å². The Balaban J connectivity index is 2.66. The van der Waals surface area contributed by atoms with Gasteiger partial charge < -0.3 is 9.47 Å². The van der Waals surface area contributed by atoms with Gasteiger partial charge in [-0.25, -0.2) is 0 Å². The van der Waals surface area contributed by atoms with E-state index in [1.165, 1.54) is 0 Å². The zero-order valence-corrected chi connectivity index (χ0v) is 8.25. The molecule has 1 aromatic rings. The highest BCUT2D eigenvalue weighted by Gasteiger charge is 2.01. The van der Waals surface area contributed by atoms with Gasteiger partial charge in [-0.2, -0.15) is 0 Å². The van der Waals surface area contributed by atoms with Crippen LogP contribution in [0.25, 0.3) is 0 Å². The topological polar surface area (TPSA) is 18.5 Å². The first-order chi connectivity index (χ1) is 6.38. The molecule has 2 heteroatoms. The molecule has 0 saturated carbocycles. The molecule has 0 spiro atoms. The first kappa shape index (κ1) is 9.90. The fourth-order valence-electron chi connectivity index (χ4n) is 1.06. The van der Waals surface area contributed by atoms with E-state index >= 15 is 0 Å². The van der Waals surface area contributed by atoms with E-state index in [0.717, 1.165) is 24.5 Å². The van der Waals surface area contributed by atoms with Gasteiger partial charge in [-0.15, -0.1) is 0 Å². The Morgan fingerprint density at radius 1 is 1.00 bits per heavy atom. The summed E-state index contributed by atoms with van der Waals surface area (Å²) in [7, 11) is 0. The largest absolute Gasteiger partial charge is 0.490 e. The van der Waals surface area contributed by atoms with Gasteiger partial charge >= 0.3 is 0 Å². The summed E-state index contributed by atoms with van der Waals surface area (Å²) >= 11 is 0. The van der Waals surface area contributed by atoms with E-state index in [4.69, 9.17) is 9.47 Å². The summed E-state index contributed by atoms with van der Waals surface area (Å²) < 4.78 is 10.9. The van der Waals surface area contributed by atoms with Crippen LogP contribution in [0.1, 0.15) is 20.3 Å². The molecule has 2 nitrogen and oxygen atoms in total. The third kappa shape index (κ3) is 2.98. The molecule has 13 heavy (non-hydrogen) atoms. The van der Waals surface area contributed by atoms with Crippen molar-refractivity contribution >= 4 is 0 Å². The maximum absolute atomic E-state index is 5.51. The minimum Gasteiger partial charge on any atom is -0.490 e. The van der Waals surface area contributed by atoms with Gasteiger partial charge in [0.1, 0.15) is 0 Å². The molecule has 0 aliphatic rings. The first-order valence-corrected chi connectivity index (χ1v) is 4.73. The van der Waals surface area contributed by atoms with E-state index in [0.29, 0.717) is 6.61 Å². The molecule has 0 amide bonds. The lowest BCUT2D eigenvalue weighted by Gasteiger charge is -2.10. The van der Waals surface area contributed by atoms with Gasteiger partial charge in [0.15, 0.2) is 11.5 Å². The van der Waals surface area contributed by atoms with Crippen molar-refractivity contribution in [1.82, 2.24) is 0 Å². The Morgan fingerprint density at radius 2 is 1.62 bits per heavy atom. The Hall–Kier alpha value is -1.18. The third-order valence-electron chi connectivity index (χ3n) is 1.61. The van der Waals surface area contributed by atoms with Gasteiger partial charge in [0.25, 0.3) is 0 Å². The Labute approximate surface area is 79.5 Å². The van der Waals surface area contributed by atoms with Crippen LogP contribution in [-0.2, 0) is 0 Å². The molecule has 0 radical (unpaired) electrons. The van der Waals surface area contributed by atoms with Gasteiger partial charge in [0.2, 0.25) is 0 Å². The summed E-state index contributed by atoms with van der Waals surface area (Å²) in [6, 6.07) is 7.76. The van der Waals surface area contributed by atoms with Crippen LogP contribution < -0.4 is 9.47 Å². The number of benzene rings is 1. The molecular formula is C11H16O2. The molecule has 0 aliphatic heterocycles. The van der Waals surface area contributed by atoms with Crippen LogP contribution in [0.5, 0.6) is 11.5 Å². The molecule has 1 aromatic carbocycles. The summed E-state index contributed by atoms with van der Waals surface area (Å²) in [5, 5.41) is 0. The minimum absolute atomic E-state index is 0.673. The maximum Gasteiger partial charge on any atom is 0.161 e. The summed E-state index contributed by atoms with van der Waals surface area (Å²) in [6.07, 6.45) is 1.01. The lowest BCUT2D eigenvalue weighted by atomic mass is 10.3. The predicted molar refractivity (Wildman–Crippen MR) is 53.4 cm³/mol. The summed E-state index contributed by atoms with van der Waals surface area (Å²) in [5.41, 5.74) is 0. The molecule has 72 valence electrons. The molecule has 0 saturated heterocycles. The average Bonchev–Trinajstić information content (AvgIpc) is 2.17. The summed E-state index contributed by atoms with van der Waals surface area (Å²) in [6.45, 7) is 5.47. The van der Waals surface area contributed by atoms with Crippen LogP contribution in [-0.4, -0.2) is 13.2 Å². The fraction of sp³-hybridized carbons (Fsp3) is 0.455. The molecule has 0 fully saturated rings. The minimum atomic E-state index is 0.673. The highest BCUT2D eigenvalue weighted by atomic mass is 16.5. The molecule has 0 atom stereocenters. The molecular weight excluding hydrogens is 164 g/mol. The first-order valence-electron chi connectivity index (χ1n) is 4.73. The Kier molecular flexibility index (Phi) is 4.16. The Morgan fingerprint density at radius 3 is 2.15 bits per heavy atom. The van der Waals surface area contributed by atoms with Crippen LogP contribution >= 0.6 is 0 Å². The van der Waals surface area contributed by atoms with Gasteiger partial charge in [-0.1, -0.05) is 19.1 Å².